The zero-order valence-corrected chi connectivity index (χ0v) is 16.8. The van der Waals surface area contributed by atoms with Crippen LogP contribution in [0.25, 0.3) is 0 Å². The topological polar surface area (TPSA) is 51.7 Å². The second kappa shape index (κ2) is 8.84. The van der Waals surface area contributed by atoms with Crippen LogP contribution in [0.4, 0.5) is 10.1 Å². The molecule has 1 amide bonds. The van der Waals surface area contributed by atoms with Gasteiger partial charge in [0, 0.05) is 16.6 Å². The number of amides is 1. The van der Waals surface area contributed by atoms with Gasteiger partial charge in [-0.3, -0.25) is 4.79 Å². The van der Waals surface area contributed by atoms with Gasteiger partial charge in [-0.15, -0.1) is 11.3 Å². The molecule has 1 aromatic heterocycles. The van der Waals surface area contributed by atoms with Gasteiger partial charge in [-0.25, -0.2) is 9.37 Å². The van der Waals surface area contributed by atoms with Gasteiger partial charge < -0.3 is 14.4 Å². The molecule has 5 nitrogen and oxygen atoms in total. The minimum atomic E-state index is -0.352. The monoisotopic (exact) mass is 400 g/mol. The van der Waals surface area contributed by atoms with Gasteiger partial charge in [0.05, 0.1) is 37.9 Å². The SMILES string of the molecule is COc1ccc(OC)c(CC(=O)N(Cc2csc(C)n2)c2ccc(F)cc2)c1. The lowest BCUT2D eigenvalue weighted by molar-refractivity contribution is -0.118. The van der Waals surface area contributed by atoms with Crippen molar-refractivity contribution in [2.24, 2.45) is 0 Å². The molecule has 0 N–H and O–H groups in total. The standard InChI is InChI=1S/C21H21FN2O3S/c1-14-23-17(13-28-14)12-24(18-6-4-16(22)5-7-18)21(25)11-15-10-19(26-2)8-9-20(15)27-3/h4-10,13H,11-12H2,1-3H3. The summed E-state index contributed by atoms with van der Waals surface area (Å²) in [5.41, 5.74) is 2.12. The third kappa shape index (κ3) is 4.67. The Labute approximate surface area is 167 Å². The number of thiazole rings is 1. The minimum absolute atomic E-state index is 0.112. The molecule has 0 saturated carbocycles. The highest BCUT2D eigenvalue weighted by molar-refractivity contribution is 7.09. The van der Waals surface area contributed by atoms with Crippen LogP contribution in [0.15, 0.2) is 47.8 Å². The van der Waals surface area contributed by atoms with E-state index < -0.39 is 0 Å². The normalized spacial score (nSPS) is 10.6. The largest absolute Gasteiger partial charge is 0.497 e. The molecule has 0 bridgehead atoms. The van der Waals surface area contributed by atoms with Gasteiger partial charge in [-0.1, -0.05) is 0 Å². The number of anilines is 1. The number of carbonyl (C=O) groups excluding carboxylic acids is 1. The van der Waals surface area contributed by atoms with Crippen molar-refractivity contribution in [2.75, 3.05) is 19.1 Å². The Bertz CT molecular complexity index is 957. The summed E-state index contributed by atoms with van der Waals surface area (Å²) in [4.78, 5) is 19.2. The lowest BCUT2D eigenvalue weighted by Gasteiger charge is -2.23. The second-order valence-electron chi connectivity index (χ2n) is 6.17. The zero-order valence-electron chi connectivity index (χ0n) is 15.9. The molecular formula is C21H21FN2O3S. The third-order valence-electron chi connectivity index (χ3n) is 4.26. The van der Waals surface area contributed by atoms with E-state index in [-0.39, 0.29) is 18.1 Å². The van der Waals surface area contributed by atoms with Crippen LogP contribution in [0.5, 0.6) is 11.5 Å². The minimum Gasteiger partial charge on any atom is -0.497 e. The summed E-state index contributed by atoms with van der Waals surface area (Å²) in [6, 6.07) is 11.2. The average molecular weight is 400 g/mol. The van der Waals surface area contributed by atoms with Crippen molar-refractivity contribution in [3.05, 3.63) is 69.9 Å². The number of hydrogen-bond donors (Lipinski definition) is 0. The van der Waals surface area contributed by atoms with E-state index in [1.807, 2.05) is 12.3 Å². The summed E-state index contributed by atoms with van der Waals surface area (Å²) in [6.45, 7) is 2.22. The summed E-state index contributed by atoms with van der Waals surface area (Å²) in [6.07, 6.45) is 0.112. The number of rotatable bonds is 7. The molecule has 0 spiro atoms. The number of benzene rings is 2. The molecular weight excluding hydrogens is 379 g/mol. The number of halogens is 1. The van der Waals surface area contributed by atoms with E-state index in [0.717, 1.165) is 10.7 Å². The zero-order chi connectivity index (χ0) is 20.1. The molecule has 0 aliphatic heterocycles. The molecule has 0 aliphatic carbocycles. The number of nitrogens with zero attached hydrogens (tertiary/aromatic N) is 2. The molecule has 0 unspecified atom stereocenters. The van der Waals surface area contributed by atoms with Gasteiger partial charge in [0.25, 0.3) is 0 Å². The predicted molar refractivity (Wildman–Crippen MR) is 108 cm³/mol. The fourth-order valence-electron chi connectivity index (χ4n) is 2.87. The second-order valence-corrected chi connectivity index (χ2v) is 7.23. The molecule has 2 aromatic carbocycles. The summed E-state index contributed by atoms with van der Waals surface area (Å²) < 4.78 is 24.0. The van der Waals surface area contributed by atoms with E-state index in [4.69, 9.17) is 9.47 Å². The number of carbonyl (C=O) groups is 1. The Morgan fingerprint density at radius 2 is 1.89 bits per heavy atom. The lowest BCUT2D eigenvalue weighted by Crippen LogP contribution is -2.32. The first-order valence-electron chi connectivity index (χ1n) is 8.68. The van der Waals surface area contributed by atoms with Crippen molar-refractivity contribution in [3.63, 3.8) is 0 Å². The fraction of sp³-hybridized carbons (Fsp3) is 0.238. The van der Waals surface area contributed by atoms with Crippen LogP contribution in [0.2, 0.25) is 0 Å². The molecule has 0 saturated heterocycles. The van der Waals surface area contributed by atoms with Gasteiger partial charge in [0.15, 0.2) is 0 Å². The molecule has 0 radical (unpaired) electrons. The molecule has 3 rings (SSSR count). The Kier molecular flexibility index (Phi) is 6.26. The summed E-state index contributed by atoms with van der Waals surface area (Å²) >= 11 is 1.53. The Hall–Kier alpha value is -2.93. The van der Waals surface area contributed by atoms with Gasteiger partial charge in [0.2, 0.25) is 5.91 Å². The number of hydrogen-bond acceptors (Lipinski definition) is 5. The van der Waals surface area contributed by atoms with Crippen LogP contribution in [-0.2, 0) is 17.8 Å². The summed E-state index contributed by atoms with van der Waals surface area (Å²) in [5, 5.41) is 2.85. The highest BCUT2D eigenvalue weighted by Crippen LogP contribution is 2.26. The van der Waals surface area contributed by atoms with Crippen LogP contribution in [-0.4, -0.2) is 25.1 Å². The third-order valence-corrected chi connectivity index (χ3v) is 5.08. The van der Waals surface area contributed by atoms with E-state index in [1.54, 1.807) is 49.5 Å². The fourth-order valence-corrected chi connectivity index (χ4v) is 3.47. The van der Waals surface area contributed by atoms with Crippen molar-refractivity contribution >= 4 is 22.9 Å². The molecule has 0 aliphatic rings. The van der Waals surface area contributed by atoms with Crippen molar-refractivity contribution in [1.82, 2.24) is 4.98 Å². The summed E-state index contributed by atoms with van der Waals surface area (Å²) in [5.74, 6) is 0.753. The smallest absolute Gasteiger partial charge is 0.231 e. The highest BCUT2D eigenvalue weighted by atomic mass is 32.1. The molecule has 0 atom stereocenters. The maximum absolute atomic E-state index is 13.4. The van der Waals surface area contributed by atoms with E-state index in [0.29, 0.717) is 29.3 Å². The quantitative estimate of drug-likeness (QED) is 0.590. The maximum atomic E-state index is 13.4. The van der Waals surface area contributed by atoms with Crippen molar-refractivity contribution in [1.29, 1.82) is 0 Å². The van der Waals surface area contributed by atoms with E-state index in [1.165, 1.54) is 23.5 Å². The predicted octanol–water partition coefficient (Wildman–Crippen LogP) is 4.38. The van der Waals surface area contributed by atoms with Crippen LogP contribution >= 0.6 is 11.3 Å². The van der Waals surface area contributed by atoms with Gasteiger partial charge in [-0.2, -0.15) is 0 Å². The molecule has 3 aromatic rings. The van der Waals surface area contributed by atoms with Gasteiger partial charge >= 0.3 is 0 Å². The first-order chi connectivity index (χ1) is 13.5. The Morgan fingerprint density at radius 3 is 2.50 bits per heavy atom. The molecule has 0 fully saturated rings. The number of ether oxygens (including phenoxy) is 2. The van der Waals surface area contributed by atoms with Crippen LogP contribution < -0.4 is 14.4 Å². The van der Waals surface area contributed by atoms with Crippen molar-refractivity contribution in [3.8, 4) is 11.5 Å². The first kappa shape index (κ1) is 19.8. The molecule has 7 heteroatoms. The Morgan fingerprint density at radius 1 is 1.14 bits per heavy atom. The van der Waals surface area contributed by atoms with E-state index >= 15 is 0 Å². The van der Waals surface area contributed by atoms with Crippen LogP contribution in [0.1, 0.15) is 16.3 Å². The van der Waals surface area contributed by atoms with Gasteiger partial charge in [-0.05, 0) is 49.4 Å². The number of methoxy groups -OCH3 is 2. The average Bonchev–Trinajstić information content (AvgIpc) is 3.11. The molecule has 146 valence electrons. The van der Waals surface area contributed by atoms with Crippen molar-refractivity contribution in [2.45, 2.75) is 19.9 Å². The number of aryl methyl sites for hydroxylation is 1. The van der Waals surface area contributed by atoms with Crippen LogP contribution in [0, 0.1) is 12.7 Å². The van der Waals surface area contributed by atoms with Gasteiger partial charge in [0.1, 0.15) is 17.3 Å². The number of aromatic nitrogens is 1. The molecule has 28 heavy (non-hydrogen) atoms. The first-order valence-corrected chi connectivity index (χ1v) is 9.56. The molecule has 1 heterocycles. The highest BCUT2D eigenvalue weighted by Gasteiger charge is 2.20. The van der Waals surface area contributed by atoms with Crippen molar-refractivity contribution < 1.29 is 18.7 Å². The van der Waals surface area contributed by atoms with E-state index in [9.17, 15) is 9.18 Å². The maximum Gasteiger partial charge on any atom is 0.231 e. The lowest BCUT2D eigenvalue weighted by atomic mass is 10.1. The van der Waals surface area contributed by atoms with Crippen LogP contribution in [0.3, 0.4) is 0 Å². The summed E-state index contributed by atoms with van der Waals surface area (Å²) in [7, 11) is 3.13. The van der Waals surface area contributed by atoms with E-state index in [2.05, 4.69) is 4.98 Å². The Balaban J connectivity index is 1.91.